The molecule has 0 radical (unpaired) electrons. The number of benzene rings is 1. The van der Waals surface area contributed by atoms with Crippen LogP contribution in [0.4, 0.5) is 4.79 Å². The molecular formula is C27H37N5O3. The Morgan fingerprint density at radius 3 is 2.51 bits per heavy atom. The Balaban J connectivity index is 1.31. The molecule has 2 heterocycles. The first kappa shape index (κ1) is 23.9. The Hall–Kier alpha value is -2.87. The molecule has 2 aromatic rings. The number of oxazole rings is 1. The van der Waals surface area contributed by atoms with Gasteiger partial charge in [0.25, 0.3) is 0 Å². The van der Waals surface area contributed by atoms with E-state index >= 15 is 0 Å². The molecule has 0 unspecified atom stereocenters. The third-order valence-corrected chi connectivity index (χ3v) is 8.65. The van der Waals surface area contributed by atoms with E-state index in [1.165, 1.54) is 31.1 Å². The highest BCUT2D eigenvalue weighted by Gasteiger charge is 2.55. The second-order valence-electron chi connectivity index (χ2n) is 10.8. The van der Waals surface area contributed by atoms with E-state index < -0.39 is 0 Å². The zero-order chi connectivity index (χ0) is 24.5. The van der Waals surface area contributed by atoms with E-state index in [1.807, 2.05) is 0 Å². The number of amides is 3. The molecule has 0 bridgehead atoms. The molecule has 1 saturated heterocycles. The van der Waals surface area contributed by atoms with Crippen LogP contribution in [0.25, 0.3) is 0 Å². The molecule has 1 aliphatic heterocycles. The zero-order valence-corrected chi connectivity index (χ0v) is 20.9. The van der Waals surface area contributed by atoms with Crippen molar-refractivity contribution in [1.82, 2.24) is 25.0 Å². The van der Waals surface area contributed by atoms with E-state index in [4.69, 9.17) is 4.42 Å². The molecule has 188 valence electrons. The summed E-state index contributed by atoms with van der Waals surface area (Å²) in [5.74, 6) is 0.867. The van der Waals surface area contributed by atoms with Gasteiger partial charge in [-0.15, -0.1) is 0 Å². The summed E-state index contributed by atoms with van der Waals surface area (Å²) in [7, 11) is 4.34. The predicted molar refractivity (Wildman–Crippen MR) is 132 cm³/mol. The number of nitrogens with zero attached hydrogens (tertiary/aromatic N) is 4. The van der Waals surface area contributed by atoms with Crippen molar-refractivity contribution in [3.63, 3.8) is 0 Å². The van der Waals surface area contributed by atoms with Gasteiger partial charge in [-0.3, -0.25) is 9.69 Å². The standard InChI is InChI=1S/C27H37N5O3/c1-30(2)27(22-9-4-3-5-10-22)13-11-26(12-14-27)20-31(25(34)32(26)18-21-7-6-8-21)19-23(33)29-17-24-28-15-16-35-24/h3-5,9-10,15-16,21H,6-8,11-14,17-20H2,1-2H3,(H,29,33)/t26-,27-. The molecule has 2 aliphatic carbocycles. The zero-order valence-electron chi connectivity index (χ0n) is 20.9. The molecule has 3 aliphatic rings. The second kappa shape index (κ2) is 9.64. The molecule has 5 rings (SSSR count). The van der Waals surface area contributed by atoms with Gasteiger partial charge in [0.2, 0.25) is 11.8 Å². The highest BCUT2D eigenvalue weighted by Crippen LogP contribution is 2.49. The lowest BCUT2D eigenvalue weighted by atomic mass is 9.68. The van der Waals surface area contributed by atoms with Gasteiger partial charge < -0.3 is 19.5 Å². The predicted octanol–water partition coefficient (Wildman–Crippen LogP) is 3.60. The van der Waals surface area contributed by atoms with E-state index in [9.17, 15) is 9.59 Å². The average Bonchev–Trinajstić information content (AvgIpc) is 3.43. The fourth-order valence-electron chi connectivity index (χ4n) is 6.25. The number of aromatic nitrogens is 1. The molecule has 8 heteroatoms. The van der Waals surface area contributed by atoms with Gasteiger partial charge in [-0.1, -0.05) is 36.8 Å². The van der Waals surface area contributed by atoms with Crippen LogP contribution in [0.2, 0.25) is 0 Å². The van der Waals surface area contributed by atoms with Crippen LogP contribution >= 0.6 is 0 Å². The van der Waals surface area contributed by atoms with Crippen molar-refractivity contribution in [3.05, 3.63) is 54.2 Å². The van der Waals surface area contributed by atoms with Gasteiger partial charge in [-0.05, 0) is 64.1 Å². The van der Waals surface area contributed by atoms with E-state index in [0.717, 1.165) is 32.2 Å². The normalized spacial score (nSPS) is 27.0. The van der Waals surface area contributed by atoms with Crippen LogP contribution in [0.5, 0.6) is 0 Å². The first-order valence-corrected chi connectivity index (χ1v) is 12.9. The topological polar surface area (TPSA) is 81.9 Å². The second-order valence-corrected chi connectivity index (χ2v) is 10.8. The maximum Gasteiger partial charge on any atom is 0.321 e. The molecule has 1 aromatic carbocycles. The summed E-state index contributed by atoms with van der Waals surface area (Å²) in [6.07, 6.45) is 10.5. The van der Waals surface area contributed by atoms with Gasteiger partial charge in [-0.25, -0.2) is 9.78 Å². The SMILES string of the molecule is CN(C)[C@]1(c2ccccc2)CC[C@@]2(CC1)CN(CC(=O)NCc1ncco1)C(=O)N2CC1CCC1. The van der Waals surface area contributed by atoms with Crippen LogP contribution in [0, 0.1) is 5.92 Å². The van der Waals surface area contributed by atoms with Crippen molar-refractivity contribution in [2.24, 2.45) is 5.92 Å². The molecule has 3 fully saturated rings. The number of carbonyl (C=O) groups is 2. The highest BCUT2D eigenvalue weighted by atomic mass is 16.3. The number of rotatable bonds is 8. The van der Waals surface area contributed by atoms with Crippen LogP contribution in [0.1, 0.15) is 56.4 Å². The van der Waals surface area contributed by atoms with Gasteiger partial charge >= 0.3 is 6.03 Å². The molecule has 1 N–H and O–H groups in total. The summed E-state index contributed by atoms with van der Waals surface area (Å²) >= 11 is 0. The third-order valence-electron chi connectivity index (χ3n) is 8.65. The van der Waals surface area contributed by atoms with Crippen LogP contribution in [-0.4, -0.2) is 70.9 Å². The first-order valence-electron chi connectivity index (χ1n) is 12.9. The van der Waals surface area contributed by atoms with E-state index in [0.29, 0.717) is 18.4 Å². The minimum atomic E-state index is -0.205. The molecule has 1 spiro atoms. The maximum atomic E-state index is 13.6. The monoisotopic (exact) mass is 479 g/mol. The minimum Gasteiger partial charge on any atom is -0.447 e. The summed E-state index contributed by atoms with van der Waals surface area (Å²) in [6, 6.07) is 10.8. The number of urea groups is 1. The lowest BCUT2D eigenvalue weighted by Crippen LogP contribution is -2.56. The highest BCUT2D eigenvalue weighted by molar-refractivity contribution is 5.86. The van der Waals surface area contributed by atoms with Crippen LogP contribution in [0.15, 0.2) is 47.2 Å². The summed E-state index contributed by atoms with van der Waals surface area (Å²) in [5, 5.41) is 2.84. The number of hydrogen-bond donors (Lipinski definition) is 1. The Kier molecular flexibility index (Phi) is 6.57. The van der Waals surface area contributed by atoms with Crippen molar-refractivity contribution in [3.8, 4) is 0 Å². The van der Waals surface area contributed by atoms with E-state index in [2.05, 4.69) is 64.5 Å². The van der Waals surface area contributed by atoms with Crippen LogP contribution < -0.4 is 5.32 Å². The Morgan fingerprint density at radius 2 is 1.91 bits per heavy atom. The van der Waals surface area contributed by atoms with Crippen molar-refractivity contribution in [1.29, 1.82) is 0 Å². The molecule has 35 heavy (non-hydrogen) atoms. The maximum absolute atomic E-state index is 13.6. The first-order chi connectivity index (χ1) is 16.9. The summed E-state index contributed by atoms with van der Waals surface area (Å²) in [4.78, 5) is 36.6. The van der Waals surface area contributed by atoms with E-state index in [-0.39, 0.29) is 36.1 Å². The van der Waals surface area contributed by atoms with Crippen molar-refractivity contribution in [2.45, 2.75) is 62.6 Å². The Labute approximate surface area is 207 Å². The summed E-state index contributed by atoms with van der Waals surface area (Å²) < 4.78 is 5.20. The molecular weight excluding hydrogens is 442 g/mol. The number of carbonyl (C=O) groups excluding carboxylic acids is 2. The van der Waals surface area contributed by atoms with Gasteiger partial charge in [-0.2, -0.15) is 0 Å². The minimum absolute atomic E-state index is 0.0141. The quantitative estimate of drug-likeness (QED) is 0.626. The van der Waals surface area contributed by atoms with E-state index in [1.54, 1.807) is 11.1 Å². The van der Waals surface area contributed by atoms with Crippen molar-refractivity contribution in [2.75, 3.05) is 33.7 Å². The lowest BCUT2D eigenvalue weighted by molar-refractivity contribution is -0.121. The van der Waals surface area contributed by atoms with Crippen LogP contribution in [0.3, 0.4) is 0 Å². The molecule has 0 atom stereocenters. The third kappa shape index (κ3) is 4.56. The Bertz CT molecular complexity index is 1010. The van der Waals surface area contributed by atoms with Gasteiger partial charge in [0.1, 0.15) is 12.8 Å². The summed E-state index contributed by atoms with van der Waals surface area (Å²) in [6.45, 7) is 1.73. The van der Waals surface area contributed by atoms with Gasteiger partial charge in [0.15, 0.2) is 0 Å². The largest absolute Gasteiger partial charge is 0.447 e. The molecule has 8 nitrogen and oxygen atoms in total. The average molecular weight is 480 g/mol. The van der Waals surface area contributed by atoms with Gasteiger partial charge in [0.05, 0.1) is 18.3 Å². The molecule has 1 aromatic heterocycles. The molecule has 2 saturated carbocycles. The fourth-order valence-corrected chi connectivity index (χ4v) is 6.25. The number of nitrogens with one attached hydrogen (secondary N) is 1. The Morgan fingerprint density at radius 1 is 1.17 bits per heavy atom. The smallest absolute Gasteiger partial charge is 0.321 e. The lowest BCUT2D eigenvalue weighted by Gasteiger charge is -2.51. The van der Waals surface area contributed by atoms with Gasteiger partial charge in [0, 0.05) is 18.6 Å². The molecule has 3 amide bonds. The number of hydrogen-bond acceptors (Lipinski definition) is 5. The van der Waals surface area contributed by atoms with Crippen molar-refractivity contribution >= 4 is 11.9 Å². The van der Waals surface area contributed by atoms with Crippen LogP contribution in [-0.2, 0) is 16.9 Å². The summed E-state index contributed by atoms with van der Waals surface area (Å²) in [5.41, 5.74) is 1.11. The fraction of sp³-hybridized carbons (Fsp3) is 0.593. The van der Waals surface area contributed by atoms with Crippen molar-refractivity contribution < 1.29 is 14.0 Å².